The van der Waals surface area contributed by atoms with Gasteiger partial charge in [-0.15, -0.1) is 0 Å². The third-order valence-corrected chi connectivity index (χ3v) is 4.87. The molecule has 2 fully saturated rings. The maximum atomic E-state index is 4.50. The van der Waals surface area contributed by atoms with Gasteiger partial charge < -0.3 is 0 Å². The molecule has 1 aromatic heterocycles. The SMILES string of the molecule is CC1(Cc2cc3c(nn2)C2CCC3C2)CC1. The average Bonchev–Trinajstić information content (AvgIpc) is 2.77. The Balaban J connectivity index is 1.69. The Kier molecular flexibility index (Phi) is 1.63. The second kappa shape index (κ2) is 2.85. The number of nitrogens with zero attached hydrogens (tertiary/aromatic N) is 2. The molecular formula is C14H18N2. The Morgan fingerprint density at radius 3 is 2.88 bits per heavy atom. The van der Waals surface area contributed by atoms with Gasteiger partial charge in [-0.25, -0.2) is 0 Å². The van der Waals surface area contributed by atoms with Crippen molar-refractivity contribution in [1.29, 1.82) is 0 Å². The Hall–Kier alpha value is -0.920. The van der Waals surface area contributed by atoms with E-state index in [1.165, 1.54) is 43.5 Å². The molecule has 16 heavy (non-hydrogen) atoms. The van der Waals surface area contributed by atoms with Crippen LogP contribution in [0.1, 0.15) is 67.8 Å². The van der Waals surface area contributed by atoms with Crippen LogP contribution in [0, 0.1) is 5.41 Å². The molecule has 2 saturated carbocycles. The molecule has 0 aromatic carbocycles. The summed E-state index contributed by atoms with van der Waals surface area (Å²) >= 11 is 0. The van der Waals surface area contributed by atoms with Crippen molar-refractivity contribution in [2.75, 3.05) is 0 Å². The lowest BCUT2D eigenvalue weighted by molar-refractivity contribution is 0.551. The Labute approximate surface area is 96.5 Å². The van der Waals surface area contributed by atoms with Gasteiger partial charge in [0.15, 0.2) is 0 Å². The summed E-state index contributed by atoms with van der Waals surface area (Å²) in [6.45, 7) is 2.37. The minimum atomic E-state index is 0.556. The lowest BCUT2D eigenvalue weighted by atomic mass is 9.94. The van der Waals surface area contributed by atoms with Crippen molar-refractivity contribution in [3.8, 4) is 0 Å². The van der Waals surface area contributed by atoms with Crippen LogP contribution in [0.25, 0.3) is 0 Å². The highest BCUT2D eigenvalue weighted by Crippen LogP contribution is 2.53. The first-order valence-corrected chi connectivity index (χ1v) is 6.60. The van der Waals surface area contributed by atoms with E-state index in [0.717, 1.165) is 18.3 Å². The van der Waals surface area contributed by atoms with Crippen molar-refractivity contribution in [3.63, 3.8) is 0 Å². The largest absolute Gasteiger partial charge is 0.155 e. The van der Waals surface area contributed by atoms with E-state index in [4.69, 9.17) is 0 Å². The van der Waals surface area contributed by atoms with E-state index < -0.39 is 0 Å². The fourth-order valence-corrected chi connectivity index (χ4v) is 3.53. The van der Waals surface area contributed by atoms with Gasteiger partial charge >= 0.3 is 0 Å². The number of aromatic nitrogens is 2. The van der Waals surface area contributed by atoms with Crippen LogP contribution in [0.3, 0.4) is 0 Å². The lowest BCUT2D eigenvalue weighted by Gasteiger charge is -2.15. The topological polar surface area (TPSA) is 25.8 Å². The van der Waals surface area contributed by atoms with Crippen molar-refractivity contribution in [2.24, 2.45) is 5.41 Å². The van der Waals surface area contributed by atoms with Crippen molar-refractivity contribution < 1.29 is 0 Å². The van der Waals surface area contributed by atoms with Gasteiger partial charge in [0.2, 0.25) is 0 Å². The van der Waals surface area contributed by atoms with Crippen LogP contribution in [0.15, 0.2) is 6.07 Å². The first-order valence-electron chi connectivity index (χ1n) is 6.60. The van der Waals surface area contributed by atoms with E-state index in [-0.39, 0.29) is 0 Å². The molecule has 84 valence electrons. The molecule has 2 heteroatoms. The zero-order valence-electron chi connectivity index (χ0n) is 9.87. The third kappa shape index (κ3) is 1.25. The van der Waals surface area contributed by atoms with Gasteiger partial charge in [-0.3, -0.25) is 0 Å². The maximum Gasteiger partial charge on any atom is 0.0697 e. The van der Waals surface area contributed by atoms with E-state index in [1.807, 2.05) is 0 Å². The molecular weight excluding hydrogens is 196 g/mol. The molecule has 4 rings (SSSR count). The summed E-state index contributed by atoms with van der Waals surface area (Å²) in [5, 5.41) is 8.95. The summed E-state index contributed by atoms with van der Waals surface area (Å²) in [5.74, 6) is 1.57. The number of rotatable bonds is 2. The van der Waals surface area contributed by atoms with Gasteiger partial charge in [0, 0.05) is 5.92 Å². The third-order valence-electron chi connectivity index (χ3n) is 4.87. The van der Waals surface area contributed by atoms with Crippen LogP contribution < -0.4 is 0 Å². The molecule has 0 N–H and O–H groups in total. The van der Waals surface area contributed by atoms with E-state index in [2.05, 4.69) is 23.2 Å². The van der Waals surface area contributed by atoms with E-state index in [1.54, 1.807) is 5.56 Å². The van der Waals surface area contributed by atoms with Gasteiger partial charge in [0.25, 0.3) is 0 Å². The fraction of sp³-hybridized carbons (Fsp3) is 0.714. The average molecular weight is 214 g/mol. The zero-order chi connectivity index (χ0) is 10.8. The van der Waals surface area contributed by atoms with Crippen LogP contribution >= 0.6 is 0 Å². The quantitative estimate of drug-likeness (QED) is 0.755. The molecule has 3 aliphatic carbocycles. The highest BCUT2D eigenvalue weighted by Gasteiger charge is 2.40. The van der Waals surface area contributed by atoms with Crippen LogP contribution in [0.4, 0.5) is 0 Å². The van der Waals surface area contributed by atoms with Crippen molar-refractivity contribution in [1.82, 2.24) is 10.2 Å². The van der Waals surface area contributed by atoms with Gasteiger partial charge in [-0.2, -0.15) is 10.2 Å². The Morgan fingerprint density at radius 2 is 2.06 bits per heavy atom. The summed E-state index contributed by atoms with van der Waals surface area (Å²) in [6.07, 6.45) is 7.98. The lowest BCUT2D eigenvalue weighted by Crippen LogP contribution is -2.08. The second-order valence-electron chi connectivity index (χ2n) is 6.37. The summed E-state index contributed by atoms with van der Waals surface area (Å²) in [7, 11) is 0. The van der Waals surface area contributed by atoms with Crippen LogP contribution in [0.2, 0.25) is 0 Å². The minimum absolute atomic E-state index is 0.556. The normalized spacial score (nSPS) is 32.8. The molecule has 2 nitrogen and oxygen atoms in total. The molecule has 2 unspecified atom stereocenters. The van der Waals surface area contributed by atoms with Gasteiger partial charge in [0.1, 0.15) is 0 Å². The molecule has 2 atom stereocenters. The fourth-order valence-electron chi connectivity index (χ4n) is 3.53. The minimum Gasteiger partial charge on any atom is -0.155 e. The summed E-state index contributed by atoms with van der Waals surface area (Å²) in [6, 6.07) is 2.37. The van der Waals surface area contributed by atoms with Gasteiger partial charge in [0.05, 0.1) is 11.4 Å². The zero-order valence-corrected chi connectivity index (χ0v) is 9.87. The molecule has 3 aliphatic rings. The molecule has 2 bridgehead atoms. The predicted octanol–water partition coefficient (Wildman–Crippen LogP) is 3.18. The van der Waals surface area contributed by atoms with Gasteiger partial charge in [-0.05, 0) is 61.5 Å². The highest BCUT2D eigenvalue weighted by molar-refractivity contribution is 5.36. The maximum absolute atomic E-state index is 4.50. The van der Waals surface area contributed by atoms with Crippen molar-refractivity contribution in [3.05, 3.63) is 23.0 Å². The van der Waals surface area contributed by atoms with Crippen LogP contribution in [-0.2, 0) is 6.42 Å². The first kappa shape index (κ1) is 9.15. The predicted molar refractivity (Wildman–Crippen MR) is 62.4 cm³/mol. The van der Waals surface area contributed by atoms with E-state index >= 15 is 0 Å². The summed E-state index contributed by atoms with van der Waals surface area (Å²) in [5.41, 5.74) is 4.68. The standard InChI is InChI=1S/C14H18N2/c1-14(4-5-14)8-11-7-12-9-2-3-10(6-9)13(12)16-15-11/h7,9-10H,2-6,8H2,1H3. The molecule has 1 aromatic rings. The van der Waals surface area contributed by atoms with Crippen molar-refractivity contribution >= 4 is 0 Å². The van der Waals surface area contributed by atoms with Crippen molar-refractivity contribution in [2.45, 2.75) is 57.3 Å². The molecule has 0 spiro atoms. The number of hydrogen-bond acceptors (Lipinski definition) is 2. The smallest absolute Gasteiger partial charge is 0.0697 e. The first-order chi connectivity index (χ1) is 7.73. The van der Waals surface area contributed by atoms with Crippen LogP contribution in [-0.4, -0.2) is 10.2 Å². The molecule has 0 aliphatic heterocycles. The second-order valence-corrected chi connectivity index (χ2v) is 6.37. The molecule has 0 saturated heterocycles. The van der Waals surface area contributed by atoms with Gasteiger partial charge in [-0.1, -0.05) is 6.92 Å². The number of hydrogen-bond donors (Lipinski definition) is 0. The summed E-state index contributed by atoms with van der Waals surface area (Å²) in [4.78, 5) is 0. The Morgan fingerprint density at radius 1 is 1.25 bits per heavy atom. The van der Waals surface area contributed by atoms with E-state index in [9.17, 15) is 0 Å². The van der Waals surface area contributed by atoms with E-state index in [0.29, 0.717) is 5.41 Å². The molecule has 0 amide bonds. The molecule has 0 radical (unpaired) electrons. The summed E-state index contributed by atoms with van der Waals surface area (Å²) < 4.78 is 0. The Bertz CT molecular complexity index is 448. The number of fused-ring (bicyclic) bond motifs is 5. The molecule has 1 heterocycles. The monoisotopic (exact) mass is 214 g/mol. The van der Waals surface area contributed by atoms with Crippen LogP contribution in [0.5, 0.6) is 0 Å². The highest BCUT2D eigenvalue weighted by atomic mass is 15.1.